The standard InChI is InChI=1S/C34H25NO4/c36-33(37)21-31(27-7-2-1-3-8-27)35-38-22-23-13-15-24(16-14-23)25-17-19-26(20-18-25)28-10-6-11-30-29-9-4-5-12-32(29)39-34(28)30/h1-20H,21-22H2,(H,36,37)/b35-31-. The third-order valence-corrected chi connectivity index (χ3v) is 6.72. The molecule has 0 fully saturated rings. The first-order chi connectivity index (χ1) is 19.2. The van der Waals surface area contributed by atoms with E-state index < -0.39 is 5.97 Å². The molecule has 0 amide bonds. The van der Waals surface area contributed by atoms with Gasteiger partial charge in [0.05, 0.1) is 12.1 Å². The molecule has 39 heavy (non-hydrogen) atoms. The number of hydrogen-bond donors (Lipinski definition) is 1. The largest absolute Gasteiger partial charge is 0.481 e. The van der Waals surface area contributed by atoms with Gasteiger partial charge in [0.25, 0.3) is 0 Å². The lowest BCUT2D eigenvalue weighted by Gasteiger charge is -2.08. The van der Waals surface area contributed by atoms with Crippen molar-refractivity contribution in [1.82, 2.24) is 0 Å². The number of carbonyl (C=O) groups is 1. The average molecular weight is 512 g/mol. The van der Waals surface area contributed by atoms with Gasteiger partial charge >= 0.3 is 5.97 Å². The van der Waals surface area contributed by atoms with Crippen LogP contribution in [0.2, 0.25) is 0 Å². The maximum atomic E-state index is 11.2. The van der Waals surface area contributed by atoms with Crippen LogP contribution in [0.4, 0.5) is 0 Å². The van der Waals surface area contributed by atoms with Crippen LogP contribution in [0.5, 0.6) is 0 Å². The van der Waals surface area contributed by atoms with Gasteiger partial charge in [-0.3, -0.25) is 4.79 Å². The second-order valence-corrected chi connectivity index (χ2v) is 9.30. The van der Waals surface area contributed by atoms with E-state index in [4.69, 9.17) is 9.25 Å². The normalized spacial score (nSPS) is 11.6. The average Bonchev–Trinajstić information content (AvgIpc) is 3.36. The fraction of sp³-hybridized carbons (Fsp3) is 0.0588. The van der Waals surface area contributed by atoms with Gasteiger partial charge in [0.2, 0.25) is 0 Å². The van der Waals surface area contributed by atoms with Gasteiger partial charge in [0, 0.05) is 16.3 Å². The van der Waals surface area contributed by atoms with E-state index in [0.29, 0.717) is 5.71 Å². The molecular formula is C34H25NO4. The molecule has 190 valence electrons. The SMILES string of the molecule is O=C(O)C/C(=N/OCc1ccc(-c2ccc(-c3cccc4c3oc3ccccc34)cc2)cc1)c1ccccc1. The second kappa shape index (κ2) is 10.7. The molecule has 6 aromatic rings. The van der Waals surface area contributed by atoms with Crippen LogP contribution in [0.3, 0.4) is 0 Å². The lowest BCUT2D eigenvalue weighted by atomic mass is 9.98. The summed E-state index contributed by atoms with van der Waals surface area (Å²) in [5, 5.41) is 15.6. The summed E-state index contributed by atoms with van der Waals surface area (Å²) in [5.41, 5.74) is 8.22. The van der Waals surface area contributed by atoms with Gasteiger partial charge in [0.15, 0.2) is 0 Å². The Morgan fingerprint density at radius 2 is 1.33 bits per heavy atom. The van der Waals surface area contributed by atoms with E-state index in [2.05, 4.69) is 53.7 Å². The molecule has 0 aliphatic carbocycles. The van der Waals surface area contributed by atoms with Crippen LogP contribution in [-0.4, -0.2) is 16.8 Å². The molecule has 1 N–H and O–H groups in total. The van der Waals surface area contributed by atoms with Crippen LogP contribution in [0.15, 0.2) is 131 Å². The maximum Gasteiger partial charge on any atom is 0.309 e. The molecule has 0 radical (unpaired) electrons. The number of benzene rings is 5. The van der Waals surface area contributed by atoms with Gasteiger partial charge in [-0.1, -0.05) is 120 Å². The van der Waals surface area contributed by atoms with Crippen molar-refractivity contribution in [3.05, 3.63) is 132 Å². The number of fused-ring (bicyclic) bond motifs is 3. The number of nitrogens with zero attached hydrogens (tertiary/aromatic N) is 1. The molecule has 0 unspecified atom stereocenters. The highest BCUT2D eigenvalue weighted by Crippen LogP contribution is 2.36. The summed E-state index contributed by atoms with van der Waals surface area (Å²) in [6, 6.07) is 40.1. The zero-order chi connectivity index (χ0) is 26.6. The number of carboxylic acid groups (broad SMARTS) is 1. The number of hydrogen-bond acceptors (Lipinski definition) is 4. The van der Waals surface area contributed by atoms with Gasteiger partial charge < -0.3 is 14.4 Å². The van der Waals surface area contributed by atoms with E-state index >= 15 is 0 Å². The Labute approximate surface area is 225 Å². The van der Waals surface area contributed by atoms with Crippen LogP contribution in [0.25, 0.3) is 44.2 Å². The fourth-order valence-electron chi connectivity index (χ4n) is 4.76. The first kappa shape index (κ1) is 24.2. The molecule has 0 bridgehead atoms. The van der Waals surface area contributed by atoms with Crippen LogP contribution < -0.4 is 0 Å². The predicted octanol–water partition coefficient (Wildman–Crippen LogP) is 8.32. The van der Waals surface area contributed by atoms with Crippen molar-refractivity contribution in [2.24, 2.45) is 5.16 Å². The third kappa shape index (κ3) is 5.15. The Morgan fingerprint density at radius 1 is 0.692 bits per heavy atom. The second-order valence-electron chi connectivity index (χ2n) is 9.30. The molecule has 0 atom stereocenters. The van der Waals surface area contributed by atoms with E-state index in [9.17, 15) is 9.90 Å². The fourth-order valence-corrected chi connectivity index (χ4v) is 4.76. The minimum absolute atomic E-state index is 0.205. The minimum atomic E-state index is -0.953. The van der Waals surface area contributed by atoms with Crippen molar-refractivity contribution in [2.45, 2.75) is 13.0 Å². The summed E-state index contributed by atoms with van der Waals surface area (Å²) in [5.74, 6) is -0.953. The monoisotopic (exact) mass is 511 g/mol. The molecule has 0 spiro atoms. The highest BCUT2D eigenvalue weighted by molar-refractivity contribution is 6.10. The van der Waals surface area contributed by atoms with Crippen molar-refractivity contribution >= 4 is 33.6 Å². The van der Waals surface area contributed by atoms with E-state index in [1.165, 1.54) is 0 Å². The molecule has 0 saturated carbocycles. The van der Waals surface area contributed by atoms with Gasteiger partial charge in [-0.15, -0.1) is 0 Å². The van der Waals surface area contributed by atoms with Gasteiger partial charge in [-0.05, 0) is 33.9 Å². The van der Waals surface area contributed by atoms with Gasteiger partial charge in [-0.25, -0.2) is 0 Å². The third-order valence-electron chi connectivity index (χ3n) is 6.72. The molecule has 6 rings (SSSR count). The maximum absolute atomic E-state index is 11.2. The van der Waals surface area contributed by atoms with Gasteiger partial charge in [-0.2, -0.15) is 0 Å². The number of oxime groups is 1. The Balaban J connectivity index is 1.17. The Morgan fingerprint density at radius 3 is 2.08 bits per heavy atom. The summed E-state index contributed by atoms with van der Waals surface area (Å²) in [6.07, 6.45) is -0.205. The van der Waals surface area contributed by atoms with Crippen molar-refractivity contribution < 1.29 is 19.2 Å². The van der Waals surface area contributed by atoms with Crippen molar-refractivity contribution in [2.75, 3.05) is 0 Å². The molecule has 0 aliphatic rings. The first-order valence-electron chi connectivity index (χ1n) is 12.7. The number of aliphatic carboxylic acids is 1. The Hall–Kier alpha value is -5.16. The van der Waals surface area contributed by atoms with Crippen molar-refractivity contribution in [3.8, 4) is 22.3 Å². The number of para-hydroxylation sites is 2. The molecule has 1 aromatic heterocycles. The van der Waals surface area contributed by atoms with E-state index in [0.717, 1.165) is 55.3 Å². The van der Waals surface area contributed by atoms with Crippen LogP contribution in [0.1, 0.15) is 17.5 Å². The lowest BCUT2D eigenvalue weighted by molar-refractivity contribution is -0.135. The molecule has 5 aromatic carbocycles. The summed E-state index contributed by atoms with van der Waals surface area (Å²) >= 11 is 0. The molecule has 5 heteroatoms. The van der Waals surface area contributed by atoms with Crippen LogP contribution in [-0.2, 0) is 16.2 Å². The summed E-state index contributed by atoms with van der Waals surface area (Å²) in [7, 11) is 0. The smallest absolute Gasteiger partial charge is 0.309 e. The highest BCUT2D eigenvalue weighted by atomic mass is 16.6. The van der Waals surface area contributed by atoms with Crippen molar-refractivity contribution in [3.63, 3.8) is 0 Å². The quantitative estimate of drug-likeness (QED) is 0.165. The summed E-state index contributed by atoms with van der Waals surface area (Å²) in [6.45, 7) is 0.247. The molecular weight excluding hydrogens is 486 g/mol. The van der Waals surface area contributed by atoms with Crippen LogP contribution >= 0.6 is 0 Å². The molecule has 5 nitrogen and oxygen atoms in total. The topological polar surface area (TPSA) is 72.0 Å². The lowest BCUT2D eigenvalue weighted by Crippen LogP contribution is -2.09. The Kier molecular flexibility index (Phi) is 6.62. The number of carboxylic acids is 1. The number of furan rings is 1. The minimum Gasteiger partial charge on any atom is -0.481 e. The van der Waals surface area contributed by atoms with Crippen LogP contribution in [0, 0.1) is 0 Å². The Bertz CT molecular complexity index is 1780. The van der Waals surface area contributed by atoms with E-state index in [1.807, 2.05) is 72.8 Å². The zero-order valence-corrected chi connectivity index (χ0v) is 21.1. The zero-order valence-electron chi connectivity index (χ0n) is 21.1. The molecule has 1 heterocycles. The van der Waals surface area contributed by atoms with E-state index in [-0.39, 0.29) is 13.0 Å². The van der Waals surface area contributed by atoms with Crippen molar-refractivity contribution in [1.29, 1.82) is 0 Å². The summed E-state index contributed by atoms with van der Waals surface area (Å²) < 4.78 is 6.21. The predicted molar refractivity (Wildman–Crippen MR) is 155 cm³/mol. The van der Waals surface area contributed by atoms with Gasteiger partial charge in [0.1, 0.15) is 17.8 Å². The summed E-state index contributed by atoms with van der Waals surface area (Å²) in [4.78, 5) is 16.8. The molecule has 0 aliphatic heterocycles. The highest BCUT2D eigenvalue weighted by Gasteiger charge is 2.12. The molecule has 0 saturated heterocycles. The number of rotatable bonds is 8. The van der Waals surface area contributed by atoms with E-state index in [1.54, 1.807) is 0 Å². The first-order valence-corrected chi connectivity index (χ1v) is 12.7.